The lowest BCUT2D eigenvalue weighted by molar-refractivity contribution is 0.262. The van der Waals surface area contributed by atoms with Crippen LogP contribution in [0.5, 0.6) is 0 Å². The number of benzene rings is 1. The summed E-state index contributed by atoms with van der Waals surface area (Å²) in [5.41, 5.74) is 2.07. The maximum atomic E-state index is 12.3. The van der Waals surface area contributed by atoms with E-state index in [1.807, 2.05) is 30.3 Å². The number of hydrogen-bond acceptors (Lipinski definition) is 4. The predicted octanol–water partition coefficient (Wildman–Crippen LogP) is 4.41. The van der Waals surface area contributed by atoms with E-state index in [4.69, 9.17) is 0 Å². The molecule has 2 heterocycles. The van der Waals surface area contributed by atoms with Gasteiger partial charge in [-0.1, -0.05) is 32.9 Å². The minimum atomic E-state index is -0.309. The Balaban J connectivity index is 1.61. The lowest BCUT2D eigenvalue weighted by atomic mass is 9.87. The van der Waals surface area contributed by atoms with E-state index in [9.17, 15) is 4.79 Å². The molecule has 3 rings (SSSR count). The van der Waals surface area contributed by atoms with Crippen molar-refractivity contribution in [3.63, 3.8) is 0 Å². The summed E-state index contributed by atoms with van der Waals surface area (Å²) in [4.78, 5) is 23.0. The van der Waals surface area contributed by atoms with Crippen LogP contribution in [-0.2, 0) is 5.41 Å². The second-order valence-electron chi connectivity index (χ2n) is 7.72. The first-order valence-corrected chi connectivity index (χ1v) is 9.17. The van der Waals surface area contributed by atoms with E-state index in [0.29, 0.717) is 5.82 Å². The minimum absolute atomic E-state index is 0.0899. The third kappa shape index (κ3) is 4.71. The monoisotopic (exact) mass is 353 g/mol. The molecule has 2 N–H and O–H groups in total. The van der Waals surface area contributed by atoms with Crippen LogP contribution in [0.15, 0.2) is 36.7 Å². The van der Waals surface area contributed by atoms with Gasteiger partial charge in [0.05, 0.1) is 0 Å². The topological polar surface area (TPSA) is 70.2 Å². The SMILES string of the molecule is CC(C)(C)c1ccc(NC(=O)Nc2cc(N3CCCCC3)ncn2)cc1. The summed E-state index contributed by atoms with van der Waals surface area (Å²) in [5, 5.41) is 5.63. The van der Waals surface area contributed by atoms with Crippen molar-refractivity contribution in [2.75, 3.05) is 28.6 Å². The molecule has 0 aliphatic carbocycles. The summed E-state index contributed by atoms with van der Waals surface area (Å²) in [6, 6.07) is 9.42. The summed E-state index contributed by atoms with van der Waals surface area (Å²) in [5.74, 6) is 1.37. The lowest BCUT2D eigenvalue weighted by Crippen LogP contribution is -2.30. The molecule has 0 radical (unpaired) electrons. The molecule has 0 unspecified atom stereocenters. The number of rotatable bonds is 3. The minimum Gasteiger partial charge on any atom is -0.356 e. The van der Waals surface area contributed by atoms with Crippen LogP contribution in [0.25, 0.3) is 0 Å². The number of nitrogens with zero attached hydrogens (tertiary/aromatic N) is 3. The summed E-state index contributed by atoms with van der Waals surface area (Å²) in [6.45, 7) is 8.50. The molecule has 2 amide bonds. The normalized spacial score (nSPS) is 14.8. The first kappa shape index (κ1) is 18.2. The number of carbonyl (C=O) groups excluding carboxylic acids is 1. The number of urea groups is 1. The van der Waals surface area contributed by atoms with Crippen molar-refractivity contribution in [3.05, 3.63) is 42.2 Å². The van der Waals surface area contributed by atoms with Crippen LogP contribution in [0.1, 0.15) is 45.6 Å². The van der Waals surface area contributed by atoms with Gasteiger partial charge in [-0.05, 0) is 42.4 Å². The van der Waals surface area contributed by atoms with E-state index in [0.717, 1.165) is 24.6 Å². The van der Waals surface area contributed by atoms with Crippen molar-refractivity contribution in [1.29, 1.82) is 0 Å². The molecule has 1 aromatic carbocycles. The van der Waals surface area contributed by atoms with Crippen LogP contribution in [0.2, 0.25) is 0 Å². The fourth-order valence-electron chi connectivity index (χ4n) is 3.04. The number of hydrogen-bond donors (Lipinski definition) is 2. The number of nitrogens with one attached hydrogen (secondary N) is 2. The van der Waals surface area contributed by atoms with Gasteiger partial charge < -0.3 is 10.2 Å². The van der Waals surface area contributed by atoms with Gasteiger partial charge >= 0.3 is 6.03 Å². The molecule has 6 heteroatoms. The van der Waals surface area contributed by atoms with Crippen molar-refractivity contribution >= 4 is 23.4 Å². The van der Waals surface area contributed by atoms with E-state index >= 15 is 0 Å². The smallest absolute Gasteiger partial charge is 0.324 e. The first-order chi connectivity index (χ1) is 12.4. The molecular formula is C20H27N5O. The van der Waals surface area contributed by atoms with E-state index in [2.05, 4.69) is 46.3 Å². The molecule has 1 aliphatic rings. The Morgan fingerprint density at radius 1 is 1.00 bits per heavy atom. The van der Waals surface area contributed by atoms with Crippen molar-refractivity contribution in [2.45, 2.75) is 45.4 Å². The molecule has 2 aromatic rings. The number of piperidine rings is 1. The molecular weight excluding hydrogens is 326 g/mol. The van der Waals surface area contributed by atoms with Gasteiger partial charge in [-0.2, -0.15) is 0 Å². The van der Waals surface area contributed by atoms with Gasteiger partial charge in [0.1, 0.15) is 18.0 Å². The van der Waals surface area contributed by atoms with Gasteiger partial charge in [0.25, 0.3) is 0 Å². The average molecular weight is 353 g/mol. The second kappa shape index (κ2) is 7.72. The van der Waals surface area contributed by atoms with Gasteiger partial charge in [-0.25, -0.2) is 14.8 Å². The summed E-state index contributed by atoms with van der Waals surface area (Å²) < 4.78 is 0. The third-order valence-electron chi connectivity index (χ3n) is 4.58. The molecule has 0 saturated carbocycles. The summed E-state index contributed by atoms with van der Waals surface area (Å²) >= 11 is 0. The molecule has 26 heavy (non-hydrogen) atoms. The van der Waals surface area contributed by atoms with Crippen LogP contribution >= 0.6 is 0 Å². The molecule has 0 spiro atoms. The van der Waals surface area contributed by atoms with E-state index < -0.39 is 0 Å². The highest BCUT2D eigenvalue weighted by molar-refractivity contribution is 5.99. The lowest BCUT2D eigenvalue weighted by Gasteiger charge is -2.27. The van der Waals surface area contributed by atoms with Gasteiger partial charge in [0.2, 0.25) is 0 Å². The molecule has 0 bridgehead atoms. The molecule has 0 atom stereocenters. The zero-order valence-corrected chi connectivity index (χ0v) is 15.7. The van der Waals surface area contributed by atoms with Gasteiger partial charge in [-0.15, -0.1) is 0 Å². The van der Waals surface area contributed by atoms with E-state index in [1.54, 1.807) is 0 Å². The van der Waals surface area contributed by atoms with Crippen LogP contribution in [0.3, 0.4) is 0 Å². The zero-order chi connectivity index (χ0) is 18.6. The van der Waals surface area contributed by atoms with Crippen molar-refractivity contribution in [3.8, 4) is 0 Å². The maximum absolute atomic E-state index is 12.3. The van der Waals surface area contributed by atoms with Gasteiger partial charge in [0, 0.05) is 24.8 Å². The molecule has 6 nitrogen and oxygen atoms in total. The molecule has 1 aliphatic heterocycles. The Bertz CT molecular complexity index is 746. The predicted molar refractivity (Wildman–Crippen MR) is 106 cm³/mol. The van der Waals surface area contributed by atoms with Crippen LogP contribution in [0.4, 0.5) is 22.1 Å². The van der Waals surface area contributed by atoms with Crippen LogP contribution in [0, 0.1) is 0 Å². The second-order valence-corrected chi connectivity index (χ2v) is 7.72. The molecule has 138 valence electrons. The Morgan fingerprint density at radius 3 is 2.35 bits per heavy atom. The highest BCUT2D eigenvalue weighted by Gasteiger charge is 2.15. The van der Waals surface area contributed by atoms with Crippen LogP contribution in [-0.4, -0.2) is 29.1 Å². The highest BCUT2D eigenvalue weighted by Crippen LogP contribution is 2.23. The van der Waals surface area contributed by atoms with E-state index in [1.165, 1.54) is 31.2 Å². The van der Waals surface area contributed by atoms with Crippen molar-refractivity contribution in [2.24, 2.45) is 0 Å². The molecule has 1 aromatic heterocycles. The quantitative estimate of drug-likeness (QED) is 0.857. The van der Waals surface area contributed by atoms with Gasteiger partial charge in [0.15, 0.2) is 0 Å². The first-order valence-electron chi connectivity index (χ1n) is 9.17. The highest BCUT2D eigenvalue weighted by atomic mass is 16.2. The zero-order valence-electron chi connectivity index (χ0n) is 15.7. The Kier molecular flexibility index (Phi) is 5.40. The fraction of sp³-hybridized carbons (Fsp3) is 0.450. The summed E-state index contributed by atoms with van der Waals surface area (Å²) in [6.07, 6.45) is 5.12. The third-order valence-corrected chi connectivity index (χ3v) is 4.58. The largest absolute Gasteiger partial charge is 0.356 e. The van der Waals surface area contributed by atoms with Crippen molar-refractivity contribution < 1.29 is 4.79 Å². The Labute approximate surface area is 155 Å². The number of carbonyl (C=O) groups is 1. The number of aromatic nitrogens is 2. The maximum Gasteiger partial charge on any atom is 0.324 e. The van der Waals surface area contributed by atoms with E-state index in [-0.39, 0.29) is 11.4 Å². The van der Waals surface area contributed by atoms with Crippen LogP contribution < -0.4 is 15.5 Å². The average Bonchev–Trinajstić information content (AvgIpc) is 2.62. The Hall–Kier alpha value is -2.63. The van der Waals surface area contributed by atoms with Gasteiger partial charge in [-0.3, -0.25) is 5.32 Å². The molecule has 1 saturated heterocycles. The fourth-order valence-corrected chi connectivity index (χ4v) is 3.04. The Morgan fingerprint density at radius 2 is 1.69 bits per heavy atom. The van der Waals surface area contributed by atoms with Crippen molar-refractivity contribution in [1.82, 2.24) is 9.97 Å². The summed E-state index contributed by atoms with van der Waals surface area (Å²) in [7, 11) is 0. The molecule has 1 fully saturated rings. The standard InChI is InChI=1S/C20H27N5O/c1-20(2,3)15-7-9-16(10-8-15)23-19(26)24-17-13-18(22-14-21-17)25-11-5-4-6-12-25/h7-10,13-14H,4-6,11-12H2,1-3H3,(H2,21,22,23,24,26). The number of anilines is 3. The number of amides is 2.